The number of carbonyl (C=O) groups excluding carboxylic acids is 1. The van der Waals surface area contributed by atoms with E-state index in [4.69, 9.17) is 7.10 Å². The smallest absolute Gasteiger partial charge is 0.217 e. The summed E-state index contributed by atoms with van der Waals surface area (Å²) in [7, 11) is 0. The molecule has 0 bridgehead atoms. The predicted octanol–water partition coefficient (Wildman–Crippen LogP) is 0.908. The van der Waals surface area contributed by atoms with Crippen molar-refractivity contribution in [2.24, 2.45) is 11.7 Å². The number of nitrogens with two attached hydrogens (primary N) is 1. The molecule has 0 aliphatic rings. The van der Waals surface area contributed by atoms with Gasteiger partial charge in [-0.25, -0.2) is 0 Å². The molecule has 8 heavy (non-hydrogen) atoms. The minimum atomic E-state index is -0.318. The molecule has 0 aromatic heterocycles. The number of amides is 1. The van der Waals surface area contributed by atoms with Gasteiger partial charge in [0.25, 0.3) is 0 Å². The molecule has 2 nitrogen and oxygen atoms in total. The summed E-state index contributed by atoms with van der Waals surface area (Å²) in [5, 5.41) is 0. The SMILES string of the molecule is [2H][C@@H](C)[C@H](C)CC(N)=O. The molecule has 0 aliphatic heterocycles. The van der Waals surface area contributed by atoms with Crippen LogP contribution < -0.4 is 5.73 Å². The van der Waals surface area contributed by atoms with Crippen LogP contribution in [0.15, 0.2) is 0 Å². The summed E-state index contributed by atoms with van der Waals surface area (Å²) in [4.78, 5) is 10.3. The van der Waals surface area contributed by atoms with Crippen LogP contribution in [0.25, 0.3) is 0 Å². The molecule has 1 amide bonds. The summed E-state index contributed by atoms with van der Waals surface area (Å²) >= 11 is 0. The Morgan fingerprint density at radius 3 is 2.62 bits per heavy atom. The molecule has 0 aliphatic carbocycles. The van der Waals surface area contributed by atoms with E-state index in [2.05, 4.69) is 0 Å². The lowest BCUT2D eigenvalue weighted by atomic mass is 10.1. The zero-order valence-corrected chi connectivity index (χ0v) is 5.35. The third kappa shape index (κ3) is 3.65. The number of hydrogen-bond donors (Lipinski definition) is 1. The zero-order valence-electron chi connectivity index (χ0n) is 6.35. The van der Waals surface area contributed by atoms with Crippen molar-refractivity contribution in [2.75, 3.05) is 0 Å². The van der Waals surface area contributed by atoms with E-state index in [0.717, 1.165) is 0 Å². The summed E-state index contributed by atoms with van der Waals surface area (Å²) in [6, 6.07) is 0. The van der Waals surface area contributed by atoms with Crippen LogP contribution in [0.3, 0.4) is 0 Å². The first kappa shape index (κ1) is 5.60. The van der Waals surface area contributed by atoms with Gasteiger partial charge in [-0.15, -0.1) is 0 Å². The molecule has 2 heteroatoms. The van der Waals surface area contributed by atoms with Crippen molar-refractivity contribution in [3.05, 3.63) is 0 Å². The molecular formula is C6H13NO. The van der Waals surface area contributed by atoms with Gasteiger partial charge in [0.05, 0.1) is 0 Å². The monoisotopic (exact) mass is 116 g/mol. The van der Waals surface area contributed by atoms with E-state index in [1.165, 1.54) is 0 Å². The lowest BCUT2D eigenvalue weighted by Crippen LogP contribution is -2.13. The highest BCUT2D eigenvalue weighted by molar-refractivity contribution is 5.73. The quantitative estimate of drug-likeness (QED) is 0.585. The van der Waals surface area contributed by atoms with Gasteiger partial charge in [-0.3, -0.25) is 4.79 Å². The molecule has 0 aromatic rings. The minimum absolute atomic E-state index is 0.0856. The van der Waals surface area contributed by atoms with E-state index in [0.29, 0.717) is 6.42 Å². The van der Waals surface area contributed by atoms with Crippen molar-refractivity contribution in [3.8, 4) is 0 Å². The van der Waals surface area contributed by atoms with E-state index in [1.54, 1.807) is 6.92 Å². The third-order valence-corrected chi connectivity index (χ3v) is 1.09. The Kier molecular flexibility index (Phi) is 2.43. The molecule has 0 rings (SSSR count). The van der Waals surface area contributed by atoms with E-state index in [9.17, 15) is 4.79 Å². The number of carbonyl (C=O) groups is 1. The first-order valence-electron chi connectivity index (χ1n) is 3.32. The molecule has 2 N–H and O–H groups in total. The largest absolute Gasteiger partial charge is 0.370 e. The summed E-state index contributed by atoms with van der Waals surface area (Å²) in [6.07, 6.45) is 0.127. The van der Waals surface area contributed by atoms with Gasteiger partial charge in [-0.1, -0.05) is 20.2 Å². The maximum Gasteiger partial charge on any atom is 0.217 e. The Morgan fingerprint density at radius 2 is 2.50 bits per heavy atom. The van der Waals surface area contributed by atoms with Crippen molar-refractivity contribution >= 4 is 5.91 Å². The van der Waals surface area contributed by atoms with Gasteiger partial charge in [0.15, 0.2) is 0 Å². The van der Waals surface area contributed by atoms with Crippen LogP contribution in [0.4, 0.5) is 0 Å². The van der Waals surface area contributed by atoms with Crippen LogP contribution in [-0.4, -0.2) is 5.91 Å². The second kappa shape index (κ2) is 3.47. The van der Waals surface area contributed by atoms with Crippen molar-refractivity contribution in [3.63, 3.8) is 0 Å². The third-order valence-electron chi connectivity index (χ3n) is 1.09. The van der Waals surface area contributed by atoms with Crippen molar-refractivity contribution in [1.29, 1.82) is 0 Å². The number of hydrogen-bond acceptors (Lipinski definition) is 1. The molecule has 0 spiro atoms. The highest BCUT2D eigenvalue weighted by Crippen LogP contribution is 2.03. The van der Waals surface area contributed by atoms with Crippen LogP contribution in [-0.2, 0) is 4.79 Å². The Hall–Kier alpha value is -0.530. The highest BCUT2D eigenvalue weighted by Gasteiger charge is 2.00. The Balaban J connectivity index is 3.50. The average molecular weight is 116 g/mol. The van der Waals surface area contributed by atoms with Gasteiger partial charge < -0.3 is 5.73 Å². The molecule has 0 unspecified atom stereocenters. The molecule has 48 valence electrons. The maximum atomic E-state index is 10.3. The summed E-state index contributed by atoms with van der Waals surface area (Å²) < 4.78 is 7.17. The summed E-state index contributed by atoms with van der Waals surface area (Å²) in [5.74, 6) is -0.232. The molecule has 0 fully saturated rings. The Morgan fingerprint density at radius 1 is 2.00 bits per heavy atom. The predicted molar refractivity (Wildman–Crippen MR) is 33.3 cm³/mol. The molecule has 0 saturated carbocycles. The molecule has 0 saturated heterocycles. The second-order valence-electron chi connectivity index (χ2n) is 1.98. The van der Waals surface area contributed by atoms with E-state index < -0.39 is 0 Å². The molecule has 0 radical (unpaired) electrons. The van der Waals surface area contributed by atoms with Crippen molar-refractivity contribution in [1.82, 2.24) is 0 Å². The minimum Gasteiger partial charge on any atom is -0.370 e. The van der Waals surface area contributed by atoms with Crippen LogP contribution in [0.1, 0.15) is 28.0 Å². The Labute approximate surface area is 51.5 Å². The van der Waals surface area contributed by atoms with Crippen molar-refractivity contribution < 1.29 is 6.17 Å². The fourth-order valence-corrected chi connectivity index (χ4v) is 0.435. The van der Waals surface area contributed by atoms with Gasteiger partial charge in [0.2, 0.25) is 5.91 Å². The van der Waals surface area contributed by atoms with Crippen LogP contribution >= 0.6 is 0 Å². The van der Waals surface area contributed by atoms with E-state index in [-0.39, 0.29) is 18.2 Å². The molecule has 0 heterocycles. The maximum absolute atomic E-state index is 10.3. The summed E-state index contributed by atoms with van der Waals surface area (Å²) in [6.45, 7) is 3.61. The number of primary amides is 1. The van der Waals surface area contributed by atoms with E-state index >= 15 is 0 Å². The van der Waals surface area contributed by atoms with Gasteiger partial charge >= 0.3 is 0 Å². The van der Waals surface area contributed by atoms with Gasteiger partial charge in [-0.05, 0) is 5.92 Å². The lowest BCUT2D eigenvalue weighted by Gasteiger charge is -2.01. The van der Waals surface area contributed by atoms with Crippen molar-refractivity contribution in [2.45, 2.75) is 26.7 Å². The Bertz CT molecular complexity index is 103. The molecular weight excluding hydrogens is 102 g/mol. The molecule has 2 atom stereocenters. The van der Waals surface area contributed by atoms with Crippen LogP contribution in [0.2, 0.25) is 0 Å². The topological polar surface area (TPSA) is 43.1 Å². The van der Waals surface area contributed by atoms with Gasteiger partial charge in [-0.2, -0.15) is 0 Å². The molecule has 0 aromatic carbocycles. The normalized spacial score (nSPS) is 19.0. The standard InChI is InChI=1S/C6H13NO/c1-3-5(2)4-6(7)8/h5H,3-4H2,1-2H3,(H2,7,8)/t5-/m0/s1/i3D/t3-,5-. The fraction of sp³-hybridized carbons (Fsp3) is 0.833. The van der Waals surface area contributed by atoms with Crippen LogP contribution in [0.5, 0.6) is 0 Å². The lowest BCUT2D eigenvalue weighted by molar-refractivity contribution is -0.118. The second-order valence-corrected chi connectivity index (χ2v) is 1.98. The highest BCUT2D eigenvalue weighted by atomic mass is 16.1. The van der Waals surface area contributed by atoms with Crippen LogP contribution in [0, 0.1) is 5.92 Å². The zero-order chi connectivity index (χ0) is 7.44. The van der Waals surface area contributed by atoms with E-state index in [1.807, 2.05) is 6.92 Å². The average Bonchev–Trinajstić information content (AvgIpc) is 1.63. The van der Waals surface area contributed by atoms with Gasteiger partial charge in [0, 0.05) is 7.79 Å². The first-order valence-corrected chi connectivity index (χ1v) is 2.74. The fourth-order valence-electron chi connectivity index (χ4n) is 0.435. The van der Waals surface area contributed by atoms with Gasteiger partial charge in [0.1, 0.15) is 0 Å². The summed E-state index contributed by atoms with van der Waals surface area (Å²) in [5.41, 5.74) is 4.91. The number of rotatable bonds is 3. The first-order chi connectivity index (χ1) is 4.04.